The molecule has 0 saturated heterocycles. The molecule has 1 N–H and O–H groups in total. The Balaban J connectivity index is 2.28. The minimum absolute atomic E-state index is 0.140. The largest absolute Gasteiger partial charge is 0.494 e. The van der Waals surface area contributed by atoms with E-state index in [1.807, 2.05) is 12.1 Å². The lowest BCUT2D eigenvalue weighted by Crippen LogP contribution is -2.04. The number of benzene rings is 1. The van der Waals surface area contributed by atoms with Crippen LogP contribution >= 0.6 is 0 Å². The van der Waals surface area contributed by atoms with Crippen LogP contribution in [0.3, 0.4) is 0 Å². The van der Waals surface area contributed by atoms with E-state index in [9.17, 15) is 9.90 Å². The first-order chi connectivity index (χ1) is 10.7. The van der Waals surface area contributed by atoms with Gasteiger partial charge in [-0.2, -0.15) is 0 Å². The van der Waals surface area contributed by atoms with E-state index in [0.717, 1.165) is 0 Å². The molecule has 0 aliphatic rings. The number of para-hydroxylation sites is 2. The molecule has 0 unspecified atom stereocenters. The van der Waals surface area contributed by atoms with Crippen molar-refractivity contribution in [2.75, 3.05) is 7.11 Å². The van der Waals surface area contributed by atoms with Crippen molar-refractivity contribution < 1.29 is 14.6 Å². The Hall–Kier alpha value is -3.22. The normalized spacial score (nSPS) is 10.4. The van der Waals surface area contributed by atoms with Crippen molar-refractivity contribution in [3.63, 3.8) is 0 Å². The molecular formula is C15H12N4O3. The summed E-state index contributed by atoms with van der Waals surface area (Å²) in [5.41, 5.74) is 1.42. The van der Waals surface area contributed by atoms with Crippen LogP contribution in [0.5, 0.6) is 5.75 Å². The quantitative estimate of drug-likeness (QED) is 0.792. The number of hydrogen-bond acceptors (Lipinski definition) is 5. The molecule has 3 aromatic rings. The summed E-state index contributed by atoms with van der Waals surface area (Å²) in [6.07, 6.45) is 3.18. The van der Waals surface area contributed by atoms with Crippen LogP contribution in [-0.2, 0) is 0 Å². The number of nitrogens with zero attached hydrogens (tertiary/aromatic N) is 4. The zero-order valence-electron chi connectivity index (χ0n) is 11.7. The first-order valence-electron chi connectivity index (χ1n) is 6.45. The van der Waals surface area contributed by atoms with E-state index in [-0.39, 0.29) is 5.69 Å². The molecule has 1 aromatic carbocycles. The fraction of sp³-hybridized carbons (Fsp3) is 0.0667. The van der Waals surface area contributed by atoms with E-state index < -0.39 is 5.97 Å². The fourth-order valence-electron chi connectivity index (χ4n) is 2.16. The SMILES string of the molecule is COc1ccccc1-n1nnc(C(=O)O)c1-c1cccnc1. The third-order valence-corrected chi connectivity index (χ3v) is 3.12. The summed E-state index contributed by atoms with van der Waals surface area (Å²) in [4.78, 5) is 15.5. The topological polar surface area (TPSA) is 90.1 Å². The molecule has 0 atom stereocenters. The van der Waals surface area contributed by atoms with Crippen LogP contribution in [0.4, 0.5) is 0 Å². The number of carbonyl (C=O) groups is 1. The van der Waals surface area contributed by atoms with Crippen molar-refractivity contribution in [1.29, 1.82) is 0 Å². The molecule has 0 aliphatic carbocycles. The summed E-state index contributed by atoms with van der Waals surface area (Å²) in [6.45, 7) is 0. The standard InChI is InChI=1S/C15H12N4O3/c1-22-12-7-3-2-6-11(12)19-14(10-5-4-8-16-9-10)13(15(20)21)17-18-19/h2-9H,1H3,(H,20,21). The lowest BCUT2D eigenvalue weighted by Gasteiger charge is -2.10. The van der Waals surface area contributed by atoms with Crippen LogP contribution in [-0.4, -0.2) is 38.2 Å². The van der Waals surface area contributed by atoms with E-state index in [4.69, 9.17) is 4.74 Å². The van der Waals surface area contributed by atoms with E-state index >= 15 is 0 Å². The van der Waals surface area contributed by atoms with Crippen molar-refractivity contribution in [2.45, 2.75) is 0 Å². The van der Waals surface area contributed by atoms with E-state index in [1.54, 1.807) is 36.7 Å². The molecule has 110 valence electrons. The van der Waals surface area contributed by atoms with Gasteiger partial charge in [-0.3, -0.25) is 4.98 Å². The Morgan fingerprint density at radius 3 is 2.73 bits per heavy atom. The molecule has 0 bridgehead atoms. The molecule has 2 heterocycles. The third kappa shape index (κ3) is 2.28. The van der Waals surface area contributed by atoms with Crippen LogP contribution in [0.2, 0.25) is 0 Å². The van der Waals surface area contributed by atoms with Gasteiger partial charge in [0.15, 0.2) is 5.69 Å². The van der Waals surface area contributed by atoms with Gasteiger partial charge in [0, 0.05) is 18.0 Å². The van der Waals surface area contributed by atoms with Gasteiger partial charge < -0.3 is 9.84 Å². The highest BCUT2D eigenvalue weighted by Crippen LogP contribution is 2.29. The highest BCUT2D eigenvalue weighted by Gasteiger charge is 2.22. The predicted molar refractivity (Wildman–Crippen MR) is 78.1 cm³/mol. The summed E-state index contributed by atoms with van der Waals surface area (Å²) >= 11 is 0. The Morgan fingerprint density at radius 2 is 2.05 bits per heavy atom. The highest BCUT2D eigenvalue weighted by atomic mass is 16.5. The van der Waals surface area contributed by atoms with Gasteiger partial charge in [-0.05, 0) is 24.3 Å². The maximum Gasteiger partial charge on any atom is 0.358 e. The van der Waals surface area contributed by atoms with Gasteiger partial charge in [0.05, 0.1) is 7.11 Å². The van der Waals surface area contributed by atoms with E-state index in [0.29, 0.717) is 22.7 Å². The lowest BCUT2D eigenvalue weighted by atomic mass is 10.1. The van der Waals surface area contributed by atoms with Crippen LogP contribution < -0.4 is 4.74 Å². The average molecular weight is 296 g/mol. The molecule has 2 aromatic heterocycles. The van der Waals surface area contributed by atoms with Gasteiger partial charge in [-0.15, -0.1) is 5.10 Å². The molecule has 3 rings (SSSR count). The third-order valence-electron chi connectivity index (χ3n) is 3.12. The maximum atomic E-state index is 11.4. The second-order valence-electron chi connectivity index (χ2n) is 4.42. The van der Waals surface area contributed by atoms with Crippen LogP contribution in [0, 0.1) is 0 Å². The molecule has 0 aliphatic heterocycles. The second kappa shape index (κ2) is 5.65. The summed E-state index contributed by atoms with van der Waals surface area (Å²) in [7, 11) is 1.54. The summed E-state index contributed by atoms with van der Waals surface area (Å²) < 4.78 is 6.75. The Kier molecular flexibility index (Phi) is 3.53. The highest BCUT2D eigenvalue weighted by molar-refractivity contribution is 5.93. The van der Waals surface area contributed by atoms with Gasteiger partial charge in [0.25, 0.3) is 0 Å². The van der Waals surface area contributed by atoms with Gasteiger partial charge >= 0.3 is 5.97 Å². The van der Waals surface area contributed by atoms with Gasteiger partial charge in [0.2, 0.25) is 0 Å². The van der Waals surface area contributed by atoms with Crippen LogP contribution in [0.25, 0.3) is 16.9 Å². The number of pyridine rings is 1. The summed E-state index contributed by atoms with van der Waals surface area (Å²) in [5, 5.41) is 17.1. The van der Waals surface area contributed by atoms with Crippen molar-refractivity contribution >= 4 is 5.97 Å². The van der Waals surface area contributed by atoms with Crippen molar-refractivity contribution in [3.8, 4) is 22.7 Å². The van der Waals surface area contributed by atoms with E-state index in [2.05, 4.69) is 15.3 Å². The van der Waals surface area contributed by atoms with E-state index in [1.165, 1.54) is 11.8 Å². The Bertz CT molecular complexity index is 815. The zero-order valence-corrected chi connectivity index (χ0v) is 11.7. The number of rotatable bonds is 4. The smallest absolute Gasteiger partial charge is 0.358 e. The molecule has 0 radical (unpaired) electrons. The van der Waals surface area contributed by atoms with Crippen molar-refractivity contribution in [1.82, 2.24) is 20.0 Å². The number of aromatic nitrogens is 4. The van der Waals surface area contributed by atoms with Gasteiger partial charge in [-0.25, -0.2) is 9.48 Å². The maximum absolute atomic E-state index is 11.4. The fourth-order valence-corrected chi connectivity index (χ4v) is 2.16. The molecule has 0 amide bonds. The second-order valence-corrected chi connectivity index (χ2v) is 4.42. The number of aromatic carboxylic acids is 1. The number of ether oxygens (including phenoxy) is 1. The van der Waals surface area contributed by atoms with Gasteiger partial charge in [0.1, 0.15) is 17.1 Å². The molecule has 7 heteroatoms. The number of carboxylic acids is 1. The Morgan fingerprint density at radius 1 is 1.23 bits per heavy atom. The molecule has 0 saturated carbocycles. The molecule has 0 fully saturated rings. The number of methoxy groups -OCH3 is 1. The number of carboxylic acid groups (broad SMARTS) is 1. The summed E-state index contributed by atoms with van der Waals surface area (Å²) in [6, 6.07) is 10.7. The number of hydrogen-bond donors (Lipinski definition) is 1. The Labute approximate surface area is 125 Å². The lowest BCUT2D eigenvalue weighted by molar-refractivity contribution is 0.0691. The zero-order chi connectivity index (χ0) is 15.5. The monoisotopic (exact) mass is 296 g/mol. The van der Waals surface area contributed by atoms with Crippen LogP contribution in [0.1, 0.15) is 10.5 Å². The molecule has 22 heavy (non-hydrogen) atoms. The van der Waals surface area contributed by atoms with Crippen molar-refractivity contribution in [3.05, 3.63) is 54.5 Å². The molecule has 7 nitrogen and oxygen atoms in total. The van der Waals surface area contributed by atoms with Crippen LogP contribution in [0.15, 0.2) is 48.8 Å². The first-order valence-corrected chi connectivity index (χ1v) is 6.45. The predicted octanol–water partition coefficient (Wildman–Crippen LogP) is 2.04. The van der Waals surface area contributed by atoms with Gasteiger partial charge in [-0.1, -0.05) is 17.3 Å². The average Bonchev–Trinajstić information content (AvgIpc) is 3.00. The molecular weight excluding hydrogens is 284 g/mol. The molecule has 0 spiro atoms. The minimum Gasteiger partial charge on any atom is -0.494 e. The first kappa shape index (κ1) is 13.7. The summed E-state index contributed by atoms with van der Waals surface area (Å²) in [5.74, 6) is -0.588. The van der Waals surface area contributed by atoms with Crippen molar-refractivity contribution in [2.24, 2.45) is 0 Å². The minimum atomic E-state index is -1.15.